The Kier molecular flexibility index (Phi) is 4.55. The molecule has 1 heterocycles. The fourth-order valence-electron chi connectivity index (χ4n) is 2.22. The molecule has 1 aliphatic carbocycles. The number of ether oxygens (including phenoxy) is 1. The molecular formula is C12H19NOS2. The van der Waals surface area contributed by atoms with E-state index in [1.54, 1.807) is 18.4 Å². The Labute approximate surface area is 106 Å². The highest BCUT2D eigenvalue weighted by Gasteiger charge is 2.23. The third-order valence-electron chi connectivity index (χ3n) is 3.19. The summed E-state index contributed by atoms with van der Waals surface area (Å²) in [4.78, 5) is 1.31. The largest absolute Gasteiger partial charge is 0.496 e. The molecule has 0 aromatic carbocycles. The van der Waals surface area contributed by atoms with Gasteiger partial charge in [-0.1, -0.05) is 0 Å². The third-order valence-corrected chi connectivity index (χ3v) is 5.19. The van der Waals surface area contributed by atoms with E-state index in [4.69, 9.17) is 4.74 Å². The molecule has 1 aromatic heterocycles. The molecule has 0 saturated heterocycles. The van der Waals surface area contributed by atoms with Gasteiger partial charge in [0.2, 0.25) is 0 Å². The molecule has 4 heteroatoms. The van der Waals surface area contributed by atoms with E-state index in [-0.39, 0.29) is 0 Å². The summed E-state index contributed by atoms with van der Waals surface area (Å²) in [7, 11) is 1.74. The molecule has 90 valence electrons. The van der Waals surface area contributed by atoms with Crippen LogP contribution in [0.25, 0.3) is 0 Å². The lowest BCUT2D eigenvalue weighted by molar-refractivity contribution is 0.408. The molecule has 0 amide bonds. The molecule has 1 fully saturated rings. The highest BCUT2D eigenvalue weighted by molar-refractivity contribution is 7.99. The minimum absolute atomic E-state index is 0.698. The summed E-state index contributed by atoms with van der Waals surface area (Å²) in [5.74, 6) is 1.02. The Morgan fingerprint density at radius 3 is 3.12 bits per heavy atom. The maximum absolute atomic E-state index is 5.31. The highest BCUT2D eigenvalue weighted by Crippen LogP contribution is 2.29. The van der Waals surface area contributed by atoms with Gasteiger partial charge in [0.1, 0.15) is 5.75 Å². The number of rotatable bonds is 5. The molecule has 1 N–H and O–H groups in total. The zero-order chi connectivity index (χ0) is 11.4. The lowest BCUT2D eigenvalue weighted by Crippen LogP contribution is -2.25. The van der Waals surface area contributed by atoms with Crippen molar-refractivity contribution in [2.45, 2.75) is 37.1 Å². The predicted molar refractivity (Wildman–Crippen MR) is 72.7 cm³/mol. The van der Waals surface area contributed by atoms with Crippen LogP contribution < -0.4 is 10.1 Å². The molecule has 2 nitrogen and oxygen atoms in total. The molecule has 1 aromatic rings. The number of hydrogen-bond acceptors (Lipinski definition) is 4. The summed E-state index contributed by atoms with van der Waals surface area (Å²) in [6.45, 7) is 0.951. The van der Waals surface area contributed by atoms with E-state index in [0.717, 1.165) is 17.5 Å². The van der Waals surface area contributed by atoms with Crippen molar-refractivity contribution in [3.05, 3.63) is 16.3 Å². The van der Waals surface area contributed by atoms with E-state index in [0.29, 0.717) is 6.04 Å². The number of methoxy groups -OCH3 is 1. The Bertz CT molecular complexity index is 327. The van der Waals surface area contributed by atoms with Crippen LogP contribution in [0.15, 0.2) is 11.4 Å². The van der Waals surface area contributed by atoms with E-state index in [1.165, 1.54) is 24.1 Å². The Balaban J connectivity index is 1.80. The standard InChI is InChI=1S/C12H19NOS2/c1-14-11-5-6-16-12(11)8-13-9-3-4-10(7-9)15-2/h5-6,9-10,13H,3-4,7-8H2,1-2H3. The van der Waals surface area contributed by atoms with Crippen molar-refractivity contribution in [1.29, 1.82) is 0 Å². The van der Waals surface area contributed by atoms with Gasteiger partial charge in [0.15, 0.2) is 0 Å². The lowest BCUT2D eigenvalue weighted by Gasteiger charge is -2.12. The molecule has 0 radical (unpaired) electrons. The van der Waals surface area contributed by atoms with E-state index in [9.17, 15) is 0 Å². The van der Waals surface area contributed by atoms with Crippen LogP contribution >= 0.6 is 23.1 Å². The van der Waals surface area contributed by atoms with Crippen LogP contribution in [0.1, 0.15) is 24.1 Å². The van der Waals surface area contributed by atoms with Crippen molar-refractivity contribution >= 4 is 23.1 Å². The van der Waals surface area contributed by atoms with E-state index >= 15 is 0 Å². The summed E-state index contributed by atoms with van der Waals surface area (Å²) in [5, 5.41) is 6.60. The van der Waals surface area contributed by atoms with Crippen molar-refractivity contribution in [1.82, 2.24) is 5.32 Å². The van der Waals surface area contributed by atoms with Crippen LogP contribution in [0.4, 0.5) is 0 Å². The van der Waals surface area contributed by atoms with E-state index in [2.05, 4.69) is 17.0 Å². The second kappa shape index (κ2) is 5.94. The topological polar surface area (TPSA) is 21.3 Å². The second-order valence-corrected chi connectivity index (χ2v) is 6.30. The fraction of sp³-hybridized carbons (Fsp3) is 0.667. The Morgan fingerprint density at radius 1 is 1.56 bits per heavy atom. The van der Waals surface area contributed by atoms with Crippen molar-refractivity contribution in [2.24, 2.45) is 0 Å². The van der Waals surface area contributed by atoms with Crippen molar-refractivity contribution in [3.63, 3.8) is 0 Å². The summed E-state index contributed by atoms with van der Waals surface area (Å²) in [5.41, 5.74) is 0. The molecule has 16 heavy (non-hydrogen) atoms. The van der Waals surface area contributed by atoms with Gasteiger partial charge in [0, 0.05) is 17.8 Å². The van der Waals surface area contributed by atoms with Crippen LogP contribution in [0, 0.1) is 0 Å². The summed E-state index contributed by atoms with van der Waals surface area (Å²) >= 11 is 3.78. The highest BCUT2D eigenvalue weighted by atomic mass is 32.2. The molecular weight excluding hydrogens is 238 g/mol. The first-order valence-corrected chi connectivity index (χ1v) is 7.86. The first-order chi connectivity index (χ1) is 7.83. The Hall–Kier alpha value is -0.190. The van der Waals surface area contributed by atoms with Gasteiger partial charge in [-0.2, -0.15) is 11.8 Å². The van der Waals surface area contributed by atoms with Gasteiger partial charge in [-0.05, 0) is 37.0 Å². The molecule has 0 bridgehead atoms. The van der Waals surface area contributed by atoms with Crippen molar-refractivity contribution in [3.8, 4) is 5.75 Å². The lowest BCUT2D eigenvalue weighted by atomic mass is 10.2. The van der Waals surface area contributed by atoms with Gasteiger partial charge in [-0.3, -0.25) is 0 Å². The van der Waals surface area contributed by atoms with Gasteiger partial charge in [0.25, 0.3) is 0 Å². The van der Waals surface area contributed by atoms with Gasteiger partial charge >= 0.3 is 0 Å². The monoisotopic (exact) mass is 257 g/mol. The second-order valence-electron chi connectivity index (χ2n) is 4.16. The fourth-order valence-corrected chi connectivity index (χ4v) is 3.80. The van der Waals surface area contributed by atoms with Crippen LogP contribution in [0.2, 0.25) is 0 Å². The maximum Gasteiger partial charge on any atom is 0.134 e. The van der Waals surface area contributed by atoms with Gasteiger partial charge in [0.05, 0.1) is 12.0 Å². The number of nitrogens with one attached hydrogen (secondary N) is 1. The van der Waals surface area contributed by atoms with Crippen LogP contribution in [-0.2, 0) is 6.54 Å². The van der Waals surface area contributed by atoms with Gasteiger partial charge in [-0.25, -0.2) is 0 Å². The molecule has 2 unspecified atom stereocenters. The van der Waals surface area contributed by atoms with Gasteiger partial charge in [-0.15, -0.1) is 11.3 Å². The summed E-state index contributed by atoms with van der Waals surface area (Å²) in [6.07, 6.45) is 6.21. The normalized spacial score (nSPS) is 24.9. The smallest absolute Gasteiger partial charge is 0.134 e. The minimum Gasteiger partial charge on any atom is -0.496 e. The van der Waals surface area contributed by atoms with Crippen LogP contribution in [-0.4, -0.2) is 24.7 Å². The summed E-state index contributed by atoms with van der Waals surface area (Å²) in [6, 6.07) is 2.74. The Morgan fingerprint density at radius 2 is 2.44 bits per heavy atom. The molecule has 2 rings (SSSR count). The molecule has 1 saturated carbocycles. The first kappa shape index (κ1) is 12.3. The van der Waals surface area contributed by atoms with Crippen LogP contribution in [0.5, 0.6) is 5.75 Å². The number of thioether (sulfide) groups is 1. The molecule has 1 aliphatic rings. The van der Waals surface area contributed by atoms with Crippen LogP contribution in [0.3, 0.4) is 0 Å². The zero-order valence-corrected chi connectivity index (χ0v) is 11.5. The average molecular weight is 257 g/mol. The predicted octanol–water partition coefficient (Wildman–Crippen LogP) is 3.13. The number of thiophene rings is 1. The van der Waals surface area contributed by atoms with Gasteiger partial charge < -0.3 is 10.1 Å². The molecule has 0 aliphatic heterocycles. The van der Waals surface area contributed by atoms with E-state index < -0.39 is 0 Å². The van der Waals surface area contributed by atoms with E-state index in [1.807, 2.05) is 17.8 Å². The minimum atomic E-state index is 0.698. The first-order valence-electron chi connectivity index (χ1n) is 5.70. The third kappa shape index (κ3) is 2.93. The average Bonchev–Trinajstić information content (AvgIpc) is 2.94. The quantitative estimate of drug-likeness (QED) is 0.875. The maximum atomic E-state index is 5.31. The SMILES string of the molecule is COc1ccsc1CNC1CCC(SC)C1. The van der Waals surface area contributed by atoms with Crippen molar-refractivity contribution < 1.29 is 4.74 Å². The summed E-state index contributed by atoms with van der Waals surface area (Å²) < 4.78 is 5.31. The van der Waals surface area contributed by atoms with Crippen molar-refractivity contribution in [2.75, 3.05) is 13.4 Å². The molecule has 2 atom stereocenters. The number of hydrogen-bond donors (Lipinski definition) is 1. The molecule has 0 spiro atoms. The zero-order valence-electron chi connectivity index (χ0n) is 9.86.